The number of anilines is 1. The van der Waals surface area contributed by atoms with Crippen molar-refractivity contribution in [1.29, 1.82) is 0 Å². The van der Waals surface area contributed by atoms with Crippen LogP contribution < -0.4 is 10.2 Å². The summed E-state index contributed by atoms with van der Waals surface area (Å²) in [5, 5.41) is 3.12. The lowest BCUT2D eigenvalue weighted by Gasteiger charge is -2.29. The van der Waals surface area contributed by atoms with E-state index in [1.165, 1.54) is 5.56 Å². The molecule has 6 heteroatoms. The first-order chi connectivity index (χ1) is 14.2. The van der Waals surface area contributed by atoms with Gasteiger partial charge in [0.05, 0.1) is 5.69 Å². The third-order valence-electron chi connectivity index (χ3n) is 5.48. The molecule has 0 radical (unpaired) electrons. The van der Waals surface area contributed by atoms with Gasteiger partial charge in [0.15, 0.2) is 0 Å². The number of nitrogens with one attached hydrogen (secondary N) is 1. The van der Waals surface area contributed by atoms with Crippen LogP contribution in [-0.2, 0) is 16.1 Å². The van der Waals surface area contributed by atoms with Gasteiger partial charge in [-0.05, 0) is 24.1 Å². The summed E-state index contributed by atoms with van der Waals surface area (Å²) in [7, 11) is 0. The highest BCUT2D eigenvalue weighted by molar-refractivity contribution is 7.99. The van der Waals surface area contributed by atoms with E-state index in [1.807, 2.05) is 35.2 Å². The summed E-state index contributed by atoms with van der Waals surface area (Å²) in [4.78, 5) is 30.4. The number of likely N-dealkylation sites (tertiary alicyclic amines) is 1. The van der Waals surface area contributed by atoms with E-state index in [1.54, 1.807) is 11.8 Å². The molecular formula is C23H27N3O2S. The van der Waals surface area contributed by atoms with E-state index in [4.69, 9.17) is 0 Å². The second kappa shape index (κ2) is 9.46. The molecule has 1 unspecified atom stereocenters. The van der Waals surface area contributed by atoms with Gasteiger partial charge in [-0.2, -0.15) is 0 Å². The lowest BCUT2D eigenvalue weighted by molar-refractivity contribution is -0.125. The molecule has 2 aromatic rings. The molecule has 0 bridgehead atoms. The summed E-state index contributed by atoms with van der Waals surface area (Å²) in [6, 6.07) is 18.6. The molecule has 0 spiro atoms. The summed E-state index contributed by atoms with van der Waals surface area (Å²) >= 11 is 1.78. The fourth-order valence-corrected chi connectivity index (χ4v) is 5.01. The van der Waals surface area contributed by atoms with Gasteiger partial charge in [0.25, 0.3) is 0 Å². The van der Waals surface area contributed by atoms with Crippen LogP contribution in [0.5, 0.6) is 0 Å². The smallest absolute Gasteiger partial charge is 0.227 e. The van der Waals surface area contributed by atoms with Crippen LogP contribution in [0.4, 0.5) is 5.69 Å². The number of benzene rings is 2. The maximum Gasteiger partial charge on any atom is 0.227 e. The van der Waals surface area contributed by atoms with Gasteiger partial charge in [0, 0.05) is 55.7 Å². The zero-order valence-corrected chi connectivity index (χ0v) is 17.4. The normalized spacial score (nSPS) is 19.0. The van der Waals surface area contributed by atoms with Crippen LogP contribution >= 0.6 is 11.8 Å². The molecule has 0 aliphatic carbocycles. The Bertz CT molecular complexity index is 858. The zero-order chi connectivity index (χ0) is 20.1. The van der Waals surface area contributed by atoms with Crippen molar-refractivity contribution in [2.24, 2.45) is 0 Å². The molecule has 2 aliphatic heterocycles. The van der Waals surface area contributed by atoms with Crippen LogP contribution in [0.1, 0.15) is 24.8 Å². The molecule has 2 aromatic carbocycles. The van der Waals surface area contributed by atoms with E-state index < -0.39 is 0 Å². The van der Waals surface area contributed by atoms with Crippen molar-refractivity contribution in [1.82, 2.24) is 10.2 Å². The van der Waals surface area contributed by atoms with Gasteiger partial charge in [-0.15, -0.1) is 11.8 Å². The van der Waals surface area contributed by atoms with E-state index in [0.717, 1.165) is 42.4 Å². The molecule has 2 amide bonds. The lowest BCUT2D eigenvalue weighted by Crippen LogP contribution is -2.39. The van der Waals surface area contributed by atoms with Gasteiger partial charge in [0.1, 0.15) is 0 Å². The van der Waals surface area contributed by atoms with E-state index in [2.05, 4.69) is 34.5 Å². The second-order valence-electron chi connectivity index (χ2n) is 7.64. The van der Waals surface area contributed by atoms with E-state index in [9.17, 15) is 9.59 Å². The van der Waals surface area contributed by atoms with Gasteiger partial charge < -0.3 is 10.2 Å². The number of rotatable bonds is 6. The van der Waals surface area contributed by atoms with Crippen molar-refractivity contribution >= 4 is 29.3 Å². The number of para-hydroxylation sites is 1. The predicted octanol–water partition coefficient (Wildman–Crippen LogP) is 3.30. The van der Waals surface area contributed by atoms with Crippen molar-refractivity contribution in [3.63, 3.8) is 0 Å². The summed E-state index contributed by atoms with van der Waals surface area (Å²) in [6.07, 6.45) is 1.47. The number of nitrogens with zero attached hydrogens (tertiary/aromatic N) is 2. The highest BCUT2D eigenvalue weighted by Gasteiger charge is 2.25. The SMILES string of the molecule is O=C(CCC(=O)N1CCSc2ccccc21)NC1CCN(Cc2ccccc2)C1. The first-order valence-corrected chi connectivity index (χ1v) is 11.3. The van der Waals surface area contributed by atoms with Crippen LogP contribution in [0, 0.1) is 0 Å². The number of thioether (sulfide) groups is 1. The topological polar surface area (TPSA) is 52.7 Å². The Morgan fingerprint density at radius 1 is 1.00 bits per heavy atom. The van der Waals surface area contributed by atoms with Crippen molar-refractivity contribution in [2.45, 2.75) is 36.7 Å². The Morgan fingerprint density at radius 3 is 2.66 bits per heavy atom. The van der Waals surface area contributed by atoms with Crippen LogP contribution in [0.25, 0.3) is 0 Å². The summed E-state index contributed by atoms with van der Waals surface area (Å²) in [6.45, 7) is 3.48. The Labute approximate surface area is 176 Å². The fraction of sp³-hybridized carbons (Fsp3) is 0.391. The number of fused-ring (bicyclic) bond motifs is 1. The number of hydrogen-bond acceptors (Lipinski definition) is 4. The first-order valence-electron chi connectivity index (χ1n) is 10.3. The van der Waals surface area contributed by atoms with E-state index in [-0.39, 0.29) is 30.7 Å². The molecule has 2 aliphatic rings. The summed E-state index contributed by atoms with van der Waals surface area (Å²) < 4.78 is 0. The molecule has 0 saturated carbocycles. The Morgan fingerprint density at radius 2 is 1.79 bits per heavy atom. The summed E-state index contributed by atoms with van der Waals surface area (Å²) in [5.74, 6) is 0.906. The predicted molar refractivity (Wildman–Crippen MR) is 117 cm³/mol. The van der Waals surface area contributed by atoms with Gasteiger partial charge in [-0.25, -0.2) is 0 Å². The van der Waals surface area contributed by atoms with E-state index in [0.29, 0.717) is 6.54 Å². The zero-order valence-electron chi connectivity index (χ0n) is 16.5. The van der Waals surface area contributed by atoms with Crippen LogP contribution in [0.3, 0.4) is 0 Å². The minimum absolute atomic E-state index is 0.0235. The molecule has 29 heavy (non-hydrogen) atoms. The van der Waals surface area contributed by atoms with E-state index >= 15 is 0 Å². The number of carbonyl (C=O) groups is 2. The average Bonchev–Trinajstić information content (AvgIpc) is 3.19. The summed E-state index contributed by atoms with van der Waals surface area (Å²) in [5.41, 5.74) is 2.27. The average molecular weight is 410 g/mol. The van der Waals surface area contributed by atoms with Crippen molar-refractivity contribution in [3.05, 3.63) is 60.2 Å². The van der Waals surface area contributed by atoms with Crippen LogP contribution in [0.15, 0.2) is 59.5 Å². The standard InChI is InChI=1S/C23H27N3O2S/c27-22(24-19-12-13-25(17-19)16-18-6-2-1-3-7-18)10-11-23(28)26-14-15-29-21-9-5-4-8-20(21)26/h1-9,19H,10-17H2,(H,24,27). The van der Waals surface area contributed by atoms with Crippen LogP contribution in [-0.4, -0.2) is 48.1 Å². The molecule has 1 N–H and O–H groups in total. The van der Waals surface area contributed by atoms with Crippen molar-refractivity contribution < 1.29 is 9.59 Å². The molecule has 1 saturated heterocycles. The fourth-order valence-electron chi connectivity index (χ4n) is 4.02. The maximum absolute atomic E-state index is 12.7. The minimum atomic E-state index is -0.0235. The molecular weight excluding hydrogens is 382 g/mol. The lowest BCUT2D eigenvalue weighted by atomic mass is 10.2. The molecule has 152 valence electrons. The highest BCUT2D eigenvalue weighted by Crippen LogP contribution is 2.34. The Hall–Kier alpha value is -2.31. The Kier molecular flexibility index (Phi) is 6.52. The van der Waals surface area contributed by atoms with Crippen LogP contribution in [0.2, 0.25) is 0 Å². The molecule has 5 nitrogen and oxygen atoms in total. The number of carbonyl (C=O) groups excluding carboxylic acids is 2. The third-order valence-corrected chi connectivity index (χ3v) is 6.52. The van der Waals surface area contributed by atoms with Gasteiger partial charge in [0.2, 0.25) is 11.8 Å². The molecule has 0 aromatic heterocycles. The monoisotopic (exact) mass is 409 g/mol. The largest absolute Gasteiger partial charge is 0.352 e. The molecule has 2 heterocycles. The molecule has 4 rings (SSSR count). The van der Waals surface area contributed by atoms with Gasteiger partial charge >= 0.3 is 0 Å². The quantitative estimate of drug-likeness (QED) is 0.795. The van der Waals surface area contributed by atoms with Crippen molar-refractivity contribution in [3.8, 4) is 0 Å². The Balaban J connectivity index is 1.22. The molecule has 1 atom stereocenters. The van der Waals surface area contributed by atoms with Crippen molar-refractivity contribution in [2.75, 3.05) is 30.3 Å². The number of hydrogen-bond donors (Lipinski definition) is 1. The third kappa shape index (κ3) is 5.19. The number of amides is 2. The van der Waals surface area contributed by atoms with Gasteiger partial charge in [-0.1, -0.05) is 42.5 Å². The minimum Gasteiger partial charge on any atom is -0.352 e. The second-order valence-corrected chi connectivity index (χ2v) is 8.77. The molecule has 1 fully saturated rings. The highest BCUT2D eigenvalue weighted by atomic mass is 32.2. The first kappa shape index (κ1) is 20.0. The van der Waals surface area contributed by atoms with Gasteiger partial charge in [-0.3, -0.25) is 14.5 Å². The maximum atomic E-state index is 12.7.